The fourth-order valence-electron chi connectivity index (χ4n) is 5.86. The Hall–Kier alpha value is -1.05. The van der Waals surface area contributed by atoms with Gasteiger partial charge in [-0.1, -0.05) is 42.5 Å². The van der Waals surface area contributed by atoms with Gasteiger partial charge in [-0.3, -0.25) is 14.0 Å². The number of piperidine rings is 1. The van der Waals surface area contributed by atoms with Crippen molar-refractivity contribution < 1.29 is 4.74 Å². The minimum atomic E-state index is 0.0720. The third-order valence-corrected chi connectivity index (χ3v) is 8.43. The Labute approximate surface area is 200 Å². The molecule has 0 radical (unpaired) electrons. The summed E-state index contributed by atoms with van der Waals surface area (Å²) in [4.78, 5) is 18.7. The number of hydrogen-bond donors (Lipinski definition) is 0. The van der Waals surface area contributed by atoms with Crippen molar-refractivity contribution in [2.45, 2.75) is 63.6 Å². The zero-order valence-corrected chi connectivity index (χ0v) is 20.3. The lowest BCUT2D eigenvalue weighted by molar-refractivity contribution is 0.0364. The standard InChI is InChI=1S/C24H34Cl2N4O2/c25-20-16-22-23(17-21(20)26)30(24(31)29(22)11-10-27-12-14-32-15-13-27)19-6-8-28(9-7-19)18-4-2-1-3-5-18/h16-19H,1-15H2. The molecule has 1 aliphatic carbocycles. The Morgan fingerprint density at radius 1 is 0.812 bits per heavy atom. The van der Waals surface area contributed by atoms with E-state index in [1.165, 1.54) is 32.1 Å². The minimum Gasteiger partial charge on any atom is -0.379 e. The van der Waals surface area contributed by atoms with E-state index in [2.05, 4.69) is 9.80 Å². The number of halogens is 2. The first-order valence-electron chi connectivity index (χ1n) is 12.3. The second-order valence-electron chi connectivity index (χ2n) is 9.57. The summed E-state index contributed by atoms with van der Waals surface area (Å²) in [5, 5.41) is 1.02. The smallest absolute Gasteiger partial charge is 0.329 e. The van der Waals surface area contributed by atoms with Crippen LogP contribution in [0, 0.1) is 0 Å². The van der Waals surface area contributed by atoms with Gasteiger partial charge in [0.15, 0.2) is 0 Å². The molecule has 2 saturated heterocycles. The van der Waals surface area contributed by atoms with Gasteiger partial charge in [0.25, 0.3) is 0 Å². The Kier molecular flexibility index (Phi) is 7.15. The summed E-state index contributed by atoms with van der Waals surface area (Å²) in [5.74, 6) is 0. The van der Waals surface area contributed by atoms with Gasteiger partial charge < -0.3 is 9.64 Å². The molecular weight excluding hydrogens is 447 g/mol. The van der Waals surface area contributed by atoms with E-state index >= 15 is 0 Å². The summed E-state index contributed by atoms with van der Waals surface area (Å²) in [5.41, 5.74) is 1.89. The van der Waals surface area contributed by atoms with Gasteiger partial charge in [0.05, 0.1) is 34.3 Å². The molecule has 1 aromatic heterocycles. The summed E-state index contributed by atoms with van der Waals surface area (Å²) in [6, 6.07) is 4.71. The molecule has 0 bridgehead atoms. The zero-order valence-electron chi connectivity index (χ0n) is 18.8. The van der Waals surface area contributed by atoms with Gasteiger partial charge in [0.2, 0.25) is 0 Å². The van der Waals surface area contributed by atoms with Crippen LogP contribution in [0.2, 0.25) is 10.0 Å². The molecule has 2 aliphatic heterocycles. The Morgan fingerprint density at radius 3 is 2.16 bits per heavy atom. The lowest BCUT2D eigenvalue weighted by atomic mass is 9.92. The van der Waals surface area contributed by atoms with Crippen LogP contribution in [0.15, 0.2) is 16.9 Å². The number of nitrogens with zero attached hydrogens (tertiary/aromatic N) is 4. The Morgan fingerprint density at radius 2 is 1.47 bits per heavy atom. The highest BCUT2D eigenvalue weighted by atomic mass is 35.5. The lowest BCUT2D eigenvalue weighted by Gasteiger charge is -2.39. The molecule has 32 heavy (non-hydrogen) atoms. The van der Waals surface area contributed by atoms with E-state index in [0.29, 0.717) is 16.6 Å². The average Bonchev–Trinajstić information content (AvgIpc) is 3.09. The number of aromatic nitrogens is 2. The average molecular weight is 481 g/mol. The van der Waals surface area contributed by atoms with Crippen molar-refractivity contribution in [3.63, 3.8) is 0 Å². The molecule has 8 heteroatoms. The highest BCUT2D eigenvalue weighted by molar-refractivity contribution is 6.42. The first-order chi connectivity index (χ1) is 15.6. The van der Waals surface area contributed by atoms with E-state index in [0.717, 1.165) is 75.9 Å². The van der Waals surface area contributed by atoms with E-state index in [1.54, 1.807) is 0 Å². The van der Waals surface area contributed by atoms with Gasteiger partial charge in [-0.25, -0.2) is 4.79 Å². The number of ether oxygens (including phenoxy) is 1. The number of rotatable bonds is 5. The molecule has 1 aromatic carbocycles. The predicted octanol–water partition coefficient (Wildman–Crippen LogP) is 4.41. The molecule has 5 rings (SSSR count). The summed E-state index contributed by atoms with van der Waals surface area (Å²) in [7, 11) is 0. The van der Waals surface area contributed by atoms with Gasteiger partial charge in [0.1, 0.15) is 0 Å². The third-order valence-electron chi connectivity index (χ3n) is 7.70. The van der Waals surface area contributed by atoms with E-state index in [1.807, 2.05) is 21.3 Å². The maximum absolute atomic E-state index is 13.6. The molecule has 0 spiro atoms. The number of morpholine rings is 1. The first-order valence-corrected chi connectivity index (χ1v) is 13.0. The van der Waals surface area contributed by atoms with Gasteiger partial charge in [0, 0.05) is 51.4 Å². The van der Waals surface area contributed by atoms with Gasteiger partial charge >= 0.3 is 5.69 Å². The van der Waals surface area contributed by atoms with E-state index in [9.17, 15) is 4.79 Å². The molecule has 1 saturated carbocycles. The van der Waals surface area contributed by atoms with Crippen molar-refractivity contribution >= 4 is 34.2 Å². The summed E-state index contributed by atoms with van der Waals surface area (Å²) < 4.78 is 9.37. The van der Waals surface area contributed by atoms with Crippen LogP contribution in [0.1, 0.15) is 51.0 Å². The molecule has 0 atom stereocenters. The molecule has 0 unspecified atom stereocenters. The molecule has 6 nitrogen and oxygen atoms in total. The second kappa shape index (κ2) is 10.1. The highest BCUT2D eigenvalue weighted by Gasteiger charge is 2.29. The van der Waals surface area contributed by atoms with Crippen molar-refractivity contribution in [3.05, 3.63) is 32.7 Å². The van der Waals surface area contributed by atoms with Crippen LogP contribution >= 0.6 is 23.2 Å². The van der Waals surface area contributed by atoms with Crippen molar-refractivity contribution in [2.24, 2.45) is 0 Å². The molecule has 2 aromatic rings. The molecule has 3 heterocycles. The van der Waals surface area contributed by atoms with E-state index in [4.69, 9.17) is 27.9 Å². The third kappa shape index (κ3) is 4.62. The number of hydrogen-bond acceptors (Lipinski definition) is 4. The zero-order chi connectivity index (χ0) is 22.1. The van der Waals surface area contributed by atoms with Crippen molar-refractivity contribution in [3.8, 4) is 0 Å². The van der Waals surface area contributed by atoms with Gasteiger partial charge in [-0.2, -0.15) is 0 Å². The first kappa shape index (κ1) is 22.7. The van der Waals surface area contributed by atoms with Gasteiger partial charge in [-0.05, 0) is 37.8 Å². The largest absolute Gasteiger partial charge is 0.379 e. The summed E-state index contributed by atoms with van der Waals surface area (Å²) in [6.45, 7) is 6.99. The number of benzene rings is 1. The molecule has 3 fully saturated rings. The van der Waals surface area contributed by atoms with Crippen molar-refractivity contribution in [1.29, 1.82) is 0 Å². The summed E-state index contributed by atoms with van der Waals surface area (Å²) in [6.07, 6.45) is 8.80. The number of likely N-dealkylation sites (tertiary alicyclic amines) is 1. The van der Waals surface area contributed by atoms with Gasteiger partial charge in [-0.15, -0.1) is 0 Å². The summed E-state index contributed by atoms with van der Waals surface area (Å²) >= 11 is 12.8. The van der Waals surface area contributed by atoms with Crippen LogP contribution in [0.4, 0.5) is 0 Å². The SMILES string of the molecule is O=c1n(CCN2CCOCC2)c2cc(Cl)c(Cl)cc2n1C1CCN(C2CCCCC2)CC1. The molecular formula is C24H34Cl2N4O2. The fourth-order valence-corrected chi connectivity index (χ4v) is 6.18. The Bertz CT molecular complexity index is 984. The highest BCUT2D eigenvalue weighted by Crippen LogP contribution is 2.33. The van der Waals surface area contributed by atoms with E-state index in [-0.39, 0.29) is 11.7 Å². The maximum Gasteiger partial charge on any atom is 0.329 e. The molecule has 3 aliphatic rings. The minimum absolute atomic E-state index is 0.0720. The fraction of sp³-hybridized carbons (Fsp3) is 0.708. The van der Waals surface area contributed by atoms with Crippen LogP contribution in [0.5, 0.6) is 0 Å². The Balaban J connectivity index is 1.39. The molecule has 176 valence electrons. The monoisotopic (exact) mass is 480 g/mol. The van der Waals surface area contributed by atoms with Crippen LogP contribution < -0.4 is 5.69 Å². The van der Waals surface area contributed by atoms with Crippen molar-refractivity contribution in [2.75, 3.05) is 45.9 Å². The van der Waals surface area contributed by atoms with Crippen LogP contribution in [0.25, 0.3) is 11.0 Å². The molecule has 0 N–H and O–H groups in total. The number of imidazole rings is 1. The predicted molar refractivity (Wildman–Crippen MR) is 130 cm³/mol. The lowest BCUT2D eigenvalue weighted by Crippen LogP contribution is -2.44. The van der Waals surface area contributed by atoms with Crippen LogP contribution in [-0.2, 0) is 11.3 Å². The van der Waals surface area contributed by atoms with Crippen LogP contribution in [0.3, 0.4) is 0 Å². The second-order valence-corrected chi connectivity index (χ2v) is 10.4. The number of fused-ring (bicyclic) bond motifs is 1. The maximum atomic E-state index is 13.6. The van der Waals surface area contributed by atoms with E-state index < -0.39 is 0 Å². The quantitative estimate of drug-likeness (QED) is 0.635. The topological polar surface area (TPSA) is 42.6 Å². The normalized spacial score (nSPS) is 22.7. The molecule has 0 amide bonds. The van der Waals surface area contributed by atoms with Crippen LogP contribution in [-0.4, -0.2) is 70.9 Å². The van der Waals surface area contributed by atoms with Crippen molar-refractivity contribution in [1.82, 2.24) is 18.9 Å².